The topological polar surface area (TPSA) is 119 Å². The number of nitrogens with zero attached hydrogens (tertiary/aromatic N) is 4. The van der Waals surface area contributed by atoms with Crippen molar-refractivity contribution in [1.29, 1.82) is 0 Å². The van der Waals surface area contributed by atoms with Crippen molar-refractivity contribution >= 4 is 40.4 Å². The maximum Gasteiger partial charge on any atom is 0.271 e. The molecule has 0 spiro atoms. The van der Waals surface area contributed by atoms with Crippen molar-refractivity contribution in [2.24, 2.45) is 4.99 Å². The number of halogens is 1. The molecule has 0 saturated carbocycles. The molecule has 1 fully saturated rings. The number of para-hydroxylation sites is 1. The number of nitro benzene ring substituents is 1. The maximum absolute atomic E-state index is 14.1. The van der Waals surface area contributed by atoms with E-state index in [1.54, 1.807) is 55.5 Å². The highest BCUT2D eigenvalue weighted by Crippen LogP contribution is 2.31. The van der Waals surface area contributed by atoms with Crippen molar-refractivity contribution in [2.75, 3.05) is 36.5 Å². The highest BCUT2D eigenvalue weighted by Gasteiger charge is 2.32. The quantitative estimate of drug-likeness (QED) is 0.266. The minimum atomic E-state index is -0.883. The fraction of sp³-hybridized carbons (Fsp3) is 0.194. The number of benzene rings is 3. The Bertz CT molecular complexity index is 1930. The number of rotatable bonds is 6. The van der Waals surface area contributed by atoms with Gasteiger partial charge in [-0.25, -0.2) is 9.38 Å². The Labute approximate surface area is 248 Å². The lowest BCUT2D eigenvalue weighted by Crippen LogP contribution is -2.40. The molecule has 1 atom stereocenters. The lowest BCUT2D eigenvalue weighted by atomic mass is 9.95. The van der Waals surface area contributed by atoms with E-state index in [1.807, 2.05) is 6.07 Å². The molecule has 6 rings (SSSR count). The number of fused-ring (bicyclic) bond motifs is 1. The van der Waals surface area contributed by atoms with Crippen molar-refractivity contribution in [3.63, 3.8) is 0 Å². The van der Waals surface area contributed by atoms with E-state index in [-0.39, 0.29) is 11.3 Å². The molecule has 0 unspecified atom stereocenters. The molecule has 10 nitrogen and oxygen atoms in total. The van der Waals surface area contributed by atoms with E-state index < -0.39 is 28.2 Å². The van der Waals surface area contributed by atoms with Crippen LogP contribution in [-0.4, -0.2) is 41.7 Å². The van der Waals surface area contributed by atoms with Gasteiger partial charge in [0.2, 0.25) is 0 Å². The summed E-state index contributed by atoms with van der Waals surface area (Å²) in [5, 5.41) is 14.5. The van der Waals surface area contributed by atoms with Gasteiger partial charge in [-0.2, -0.15) is 0 Å². The van der Waals surface area contributed by atoms with Crippen LogP contribution in [0.2, 0.25) is 0 Å². The van der Waals surface area contributed by atoms with Crippen molar-refractivity contribution in [3.05, 3.63) is 131 Å². The number of ether oxygens (including phenoxy) is 1. The highest BCUT2D eigenvalue weighted by atomic mass is 32.1. The van der Waals surface area contributed by atoms with Crippen LogP contribution in [0.4, 0.5) is 21.5 Å². The van der Waals surface area contributed by atoms with E-state index in [2.05, 4.69) is 15.2 Å². The minimum Gasteiger partial charge on any atom is -0.378 e. The van der Waals surface area contributed by atoms with Gasteiger partial charge in [-0.05, 0) is 48.9 Å². The molecule has 2 aliphatic rings. The average molecular weight is 600 g/mol. The van der Waals surface area contributed by atoms with Gasteiger partial charge in [-0.1, -0.05) is 41.7 Å². The molecule has 2 aliphatic heterocycles. The van der Waals surface area contributed by atoms with E-state index in [0.29, 0.717) is 58.1 Å². The second kappa shape index (κ2) is 11.7. The number of amides is 1. The molecule has 0 radical (unpaired) electrons. The average Bonchev–Trinajstić information content (AvgIpc) is 3.31. The third-order valence-corrected chi connectivity index (χ3v) is 8.33. The second-order valence-electron chi connectivity index (χ2n) is 10.1. The first-order valence-corrected chi connectivity index (χ1v) is 14.4. The van der Waals surface area contributed by atoms with Gasteiger partial charge < -0.3 is 15.0 Å². The van der Waals surface area contributed by atoms with Crippen LogP contribution in [0, 0.1) is 15.9 Å². The standard InChI is InChI=1S/C31H26FN5O5S/c1-19-27(29(38)34-23-5-3-2-4-6-23)28(20-7-9-22(32)10-8-20)36-30(39)26(43-31(36)33-19)18-21-17-24(37(40)41)11-12-25(21)35-13-15-42-16-14-35/h2-12,17-18,28H,13-16H2,1H3,(H,34,38)/b26-18-/t28-/m0/s1. The monoisotopic (exact) mass is 599 g/mol. The minimum absolute atomic E-state index is 0.101. The molecule has 0 bridgehead atoms. The molecule has 12 heteroatoms. The molecule has 1 N–H and O–H groups in total. The van der Waals surface area contributed by atoms with Gasteiger partial charge in [0.1, 0.15) is 5.82 Å². The number of hydrogen-bond donors (Lipinski definition) is 1. The number of anilines is 2. The normalized spacial score (nSPS) is 16.9. The largest absolute Gasteiger partial charge is 0.378 e. The summed E-state index contributed by atoms with van der Waals surface area (Å²) in [4.78, 5) is 46.0. The predicted octanol–water partition coefficient (Wildman–Crippen LogP) is 3.76. The van der Waals surface area contributed by atoms with E-state index in [1.165, 1.54) is 28.8 Å². The first-order valence-electron chi connectivity index (χ1n) is 13.6. The van der Waals surface area contributed by atoms with E-state index in [0.717, 1.165) is 17.0 Å². The summed E-state index contributed by atoms with van der Waals surface area (Å²) >= 11 is 1.12. The van der Waals surface area contributed by atoms with Crippen LogP contribution in [0.5, 0.6) is 0 Å². The zero-order valence-electron chi connectivity index (χ0n) is 23.0. The van der Waals surface area contributed by atoms with Gasteiger partial charge in [-0.15, -0.1) is 0 Å². The van der Waals surface area contributed by atoms with E-state index >= 15 is 0 Å². The van der Waals surface area contributed by atoms with Crippen molar-refractivity contribution < 1.29 is 18.8 Å². The molecule has 1 amide bonds. The molecule has 218 valence electrons. The molecule has 3 heterocycles. The number of hydrogen-bond acceptors (Lipinski definition) is 8. The Morgan fingerprint density at radius 2 is 1.84 bits per heavy atom. The zero-order valence-corrected chi connectivity index (χ0v) is 23.8. The number of thiazole rings is 1. The van der Waals surface area contributed by atoms with Gasteiger partial charge in [0.15, 0.2) is 4.80 Å². The summed E-state index contributed by atoms with van der Waals surface area (Å²) in [6, 6.07) is 18.3. The number of allylic oxidation sites excluding steroid dienone is 1. The molecule has 43 heavy (non-hydrogen) atoms. The number of aromatic nitrogens is 1. The molecule has 1 saturated heterocycles. The molecule has 3 aromatic carbocycles. The van der Waals surface area contributed by atoms with E-state index in [4.69, 9.17) is 4.74 Å². The van der Waals surface area contributed by atoms with Gasteiger partial charge in [-0.3, -0.25) is 24.3 Å². The Balaban J connectivity index is 1.51. The fourth-order valence-corrected chi connectivity index (χ4v) is 6.33. The van der Waals surface area contributed by atoms with Crippen LogP contribution in [0.25, 0.3) is 6.08 Å². The SMILES string of the molecule is CC1=C(C(=O)Nc2ccccc2)[C@H](c2ccc(F)cc2)n2c(s/c(=C\c3cc([N+](=O)[O-])ccc3N3CCOCC3)c2=O)=N1. The van der Waals surface area contributed by atoms with Gasteiger partial charge >= 0.3 is 0 Å². The number of nitro groups is 1. The van der Waals surface area contributed by atoms with Crippen LogP contribution in [0.15, 0.2) is 93.9 Å². The highest BCUT2D eigenvalue weighted by molar-refractivity contribution is 7.07. The van der Waals surface area contributed by atoms with Crippen LogP contribution in [-0.2, 0) is 9.53 Å². The van der Waals surface area contributed by atoms with Gasteiger partial charge in [0, 0.05) is 42.2 Å². The second-order valence-corrected chi connectivity index (χ2v) is 11.1. The van der Waals surface area contributed by atoms with Crippen LogP contribution >= 0.6 is 11.3 Å². The molecule has 4 aromatic rings. The smallest absolute Gasteiger partial charge is 0.271 e. The zero-order chi connectivity index (χ0) is 30.1. The Morgan fingerprint density at radius 3 is 2.53 bits per heavy atom. The molecular formula is C31H26FN5O5S. The number of morpholine rings is 1. The first-order chi connectivity index (χ1) is 20.8. The summed E-state index contributed by atoms with van der Waals surface area (Å²) in [5.41, 5.74) is 2.51. The number of non-ortho nitro benzene ring substituents is 1. The van der Waals surface area contributed by atoms with Gasteiger partial charge in [0.05, 0.1) is 40.0 Å². The maximum atomic E-state index is 14.1. The van der Waals surface area contributed by atoms with Crippen molar-refractivity contribution in [3.8, 4) is 0 Å². The predicted molar refractivity (Wildman–Crippen MR) is 161 cm³/mol. The number of carbonyl (C=O) groups excluding carboxylic acids is 1. The molecule has 1 aromatic heterocycles. The van der Waals surface area contributed by atoms with Gasteiger partial charge in [0.25, 0.3) is 17.2 Å². The lowest BCUT2D eigenvalue weighted by Gasteiger charge is -2.30. The van der Waals surface area contributed by atoms with Crippen LogP contribution in [0.1, 0.15) is 24.1 Å². The Morgan fingerprint density at radius 1 is 1.12 bits per heavy atom. The molecule has 0 aliphatic carbocycles. The first kappa shape index (κ1) is 28.2. The summed E-state index contributed by atoms with van der Waals surface area (Å²) in [7, 11) is 0. The summed E-state index contributed by atoms with van der Waals surface area (Å²) in [6.45, 7) is 3.93. The molecular weight excluding hydrogens is 573 g/mol. The van der Waals surface area contributed by atoms with Crippen molar-refractivity contribution in [2.45, 2.75) is 13.0 Å². The fourth-order valence-electron chi connectivity index (χ4n) is 5.30. The number of carbonyl (C=O) groups is 1. The summed E-state index contributed by atoms with van der Waals surface area (Å²) in [6.07, 6.45) is 1.63. The third kappa shape index (κ3) is 5.62. The summed E-state index contributed by atoms with van der Waals surface area (Å²) < 4.78 is 21.1. The third-order valence-electron chi connectivity index (χ3n) is 7.34. The number of nitrogens with one attached hydrogen (secondary N) is 1. The lowest BCUT2D eigenvalue weighted by molar-refractivity contribution is -0.384. The Kier molecular flexibility index (Phi) is 7.70. The summed E-state index contributed by atoms with van der Waals surface area (Å²) in [5.74, 6) is -0.891. The van der Waals surface area contributed by atoms with Crippen LogP contribution < -0.4 is 25.1 Å². The Hall–Kier alpha value is -4.94. The van der Waals surface area contributed by atoms with Crippen molar-refractivity contribution in [1.82, 2.24) is 4.57 Å². The van der Waals surface area contributed by atoms with E-state index in [9.17, 15) is 24.1 Å². The van der Waals surface area contributed by atoms with Crippen LogP contribution in [0.3, 0.4) is 0 Å².